The molecule has 26 heavy (non-hydrogen) atoms. The normalized spacial score (nSPS) is 19.2. The Kier molecular flexibility index (Phi) is 4.64. The van der Waals surface area contributed by atoms with Crippen molar-refractivity contribution >= 4 is 11.6 Å². The fourth-order valence-corrected chi connectivity index (χ4v) is 3.76. The van der Waals surface area contributed by atoms with Crippen LogP contribution in [0.25, 0.3) is 0 Å². The highest BCUT2D eigenvalue weighted by Crippen LogP contribution is 2.54. The van der Waals surface area contributed by atoms with Gasteiger partial charge in [0.15, 0.2) is 0 Å². The van der Waals surface area contributed by atoms with Crippen LogP contribution in [0, 0.1) is 5.41 Å². The van der Waals surface area contributed by atoms with Gasteiger partial charge in [-0.1, -0.05) is 30.3 Å². The number of anilines is 1. The summed E-state index contributed by atoms with van der Waals surface area (Å²) in [6.07, 6.45) is 5.39. The van der Waals surface area contributed by atoms with Gasteiger partial charge in [-0.25, -0.2) is 0 Å². The molecule has 1 aromatic heterocycles. The molecule has 1 aliphatic carbocycles. The molecular weight excluding hydrogens is 326 g/mol. The van der Waals surface area contributed by atoms with Crippen molar-refractivity contribution in [2.24, 2.45) is 5.41 Å². The summed E-state index contributed by atoms with van der Waals surface area (Å²) in [4.78, 5) is 19.1. The summed E-state index contributed by atoms with van der Waals surface area (Å²) in [7, 11) is 0. The lowest BCUT2D eigenvalue weighted by atomic mass is 9.92. The summed E-state index contributed by atoms with van der Waals surface area (Å²) in [5.41, 5.74) is 2.17. The number of rotatable bonds is 6. The number of aromatic nitrogens is 1. The monoisotopic (exact) mass is 351 g/mol. The summed E-state index contributed by atoms with van der Waals surface area (Å²) >= 11 is 0. The maximum absolute atomic E-state index is 12.6. The average molecular weight is 351 g/mol. The lowest BCUT2D eigenvalue weighted by molar-refractivity contribution is 0.0805. The van der Waals surface area contributed by atoms with Gasteiger partial charge in [0, 0.05) is 36.9 Å². The third-order valence-corrected chi connectivity index (χ3v) is 5.64. The number of hydrogen-bond donors (Lipinski definition) is 2. The van der Waals surface area contributed by atoms with Crippen molar-refractivity contribution < 1.29 is 9.90 Å². The Morgan fingerprint density at radius 1 is 1.19 bits per heavy atom. The zero-order chi connectivity index (χ0) is 18.0. The first-order valence-electron chi connectivity index (χ1n) is 9.40. The largest absolute Gasteiger partial charge is 0.388 e. The minimum atomic E-state index is -0.548. The quantitative estimate of drug-likeness (QED) is 0.840. The van der Waals surface area contributed by atoms with Gasteiger partial charge in [-0.15, -0.1) is 0 Å². The molecule has 0 radical (unpaired) electrons. The number of carbonyl (C=O) groups excluding carboxylic acids is 1. The third-order valence-electron chi connectivity index (χ3n) is 5.64. The Hall–Kier alpha value is -2.40. The Balaban J connectivity index is 1.40. The zero-order valence-electron chi connectivity index (χ0n) is 14.9. The van der Waals surface area contributed by atoms with E-state index in [4.69, 9.17) is 0 Å². The third kappa shape index (κ3) is 3.44. The maximum Gasteiger partial charge on any atom is 0.269 e. The number of amides is 1. The smallest absolute Gasteiger partial charge is 0.269 e. The van der Waals surface area contributed by atoms with E-state index in [1.165, 1.54) is 12.8 Å². The number of benzene rings is 1. The van der Waals surface area contributed by atoms with Crippen LogP contribution in [0.15, 0.2) is 48.7 Å². The number of carbonyl (C=O) groups is 1. The molecule has 0 spiro atoms. The average Bonchev–Trinajstić information content (AvgIpc) is 3.29. The minimum Gasteiger partial charge on any atom is -0.388 e. The molecule has 1 aromatic carbocycles. The molecule has 1 saturated heterocycles. The van der Waals surface area contributed by atoms with E-state index in [-0.39, 0.29) is 11.3 Å². The minimum absolute atomic E-state index is 0.169. The molecule has 1 saturated carbocycles. The van der Waals surface area contributed by atoms with Crippen LogP contribution < -0.4 is 10.2 Å². The topological polar surface area (TPSA) is 65.5 Å². The molecule has 1 amide bonds. The van der Waals surface area contributed by atoms with E-state index < -0.39 is 6.10 Å². The van der Waals surface area contributed by atoms with Crippen LogP contribution in [0.1, 0.15) is 47.8 Å². The number of hydrogen-bond acceptors (Lipinski definition) is 4. The summed E-state index contributed by atoms with van der Waals surface area (Å²) in [5.74, 6) is -0.169. The fourth-order valence-electron chi connectivity index (χ4n) is 3.76. The second-order valence-electron chi connectivity index (χ2n) is 7.45. The lowest BCUT2D eigenvalue weighted by Crippen LogP contribution is -2.34. The Morgan fingerprint density at radius 2 is 1.92 bits per heavy atom. The molecule has 1 aliphatic heterocycles. The van der Waals surface area contributed by atoms with E-state index in [0.29, 0.717) is 12.2 Å². The van der Waals surface area contributed by atoms with Crippen molar-refractivity contribution in [3.8, 4) is 0 Å². The Bertz CT molecular complexity index is 768. The van der Waals surface area contributed by atoms with Crippen molar-refractivity contribution in [2.45, 2.75) is 31.8 Å². The van der Waals surface area contributed by atoms with E-state index in [1.54, 1.807) is 6.20 Å². The standard InChI is InChI=1S/C21H25N3O2/c25-19(16-6-2-1-3-7-16)21(9-10-21)15-23-20(26)18-14-17(8-11-22-18)24-12-4-5-13-24/h1-3,6-8,11,14,19,25H,4-5,9-10,12-13,15H2,(H,23,26). The first kappa shape index (κ1) is 17.0. The van der Waals surface area contributed by atoms with Gasteiger partial charge in [0.2, 0.25) is 0 Å². The maximum atomic E-state index is 12.6. The molecule has 0 bridgehead atoms. The molecular formula is C21H25N3O2. The highest BCUT2D eigenvalue weighted by atomic mass is 16.3. The van der Waals surface area contributed by atoms with E-state index in [2.05, 4.69) is 15.2 Å². The van der Waals surface area contributed by atoms with Crippen LogP contribution in [0.4, 0.5) is 5.69 Å². The zero-order valence-corrected chi connectivity index (χ0v) is 14.9. The van der Waals surface area contributed by atoms with Gasteiger partial charge in [0.05, 0.1) is 6.10 Å². The van der Waals surface area contributed by atoms with Gasteiger partial charge in [-0.3, -0.25) is 9.78 Å². The van der Waals surface area contributed by atoms with Gasteiger partial charge < -0.3 is 15.3 Å². The van der Waals surface area contributed by atoms with Crippen molar-refractivity contribution in [1.82, 2.24) is 10.3 Å². The Labute approximate surface area is 154 Å². The van der Waals surface area contributed by atoms with E-state index in [1.807, 2.05) is 42.5 Å². The molecule has 2 aromatic rings. The summed E-state index contributed by atoms with van der Waals surface area (Å²) in [6, 6.07) is 13.5. The number of aliphatic hydroxyl groups excluding tert-OH is 1. The second kappa shape index (κ2) is 7.08. The summed E-state index contributed by atoms with van der Waals surface area (Å²) in [5, 5.41) is 13.7. The molecule has 5 heteroatoms. The van der Waals surface area contributed by atoms with Crippen molar-refractivity contribution in [3.63, 3.8) is 0 Å². The second-order valence-corrected chi connectivity index (χ2v) is 7.45. The van der Waals surface area contributed by atoms with Crippen LogP contribution >= 0.6 is 0 Å². The first-order chi connectivity index (χ1) is 12.7. The van der Waals surface area contributed by atoms with Gasteiger partial charge >= 0.3 is 0 Å². The number of nitrogens with one attached hydrogen (secondary N) is 1. The molecule has 136 valence electrons. The van der Waals surface area contributed by atoms with Crippen molar-refractivity contribution in [1.29, 1.82) is 0 Å². The highest BCUT2D eigenvalue weighted by molar-refractivity contribution is 5.93. The molecule has 2 heterocycles. The van der Waals surface area contributed by atoms with Crippen LogP contribution in [0.2, 0.25) is 0 Å². The van der Waals surface area contributed by atoms with Crippen molar-refractivity contribution in [2.75, 3.05) is 24.5 Å². The lowest BCUT2D eigenvalue weighted by Gasteiger charge is -2.23. The Morgan fingerprint density at radius 3 is 2.62 bits per heavy atom. The molecule has 4 rings (SSSR count). The van der Waals surface area contributed by atoms with Crippen LogP contribution in [0.3, 0.4) is 0 Å². The van der Waals surface area contributed by atoms with Crippen LogP contribution in [-0.2, 0) is 0 Å². The SMILES string of the molecule is O=C(NCC1(C(O)c2ccccc2)CC1)c1cc(N2CCCC2)ccn1. The van der Waals surface area contributed by atoms with Crippen LogP contribution in [0.5, 0.6) is 0 Å². The molecule has 2 N–H and O–H groups in total. The van der Waals surface area contributed by atoms with E-state index in [0.717, 1.165) is 37.2 Å². The van der Waals surface area contributed by atoms with Gasteiger partial charge in [0.25, 0.3) is 5.91 Å². The number of nitrogens with zero attached hydrogens (tertiary/aromatic N) is 2. The molecule has 1 atom stereocenters. The van der Waals surface area contributed by atoms with Crippen molar-refractivity contribution in [3.05, 3.63) is 59.9 Å². The van der Waals surface area contributed by atoms with Gasteiger partial charge in [-0.05, 0) is 43.4 Å². The van der Waals surface area contributed by atoms with Crippen LogP contribution in [-0.4, -0.2) is 35.6 Å². The van der Waals surface area contributed by atoms with Gasteiger partial charge in [-0.2, -0.15) is 0 Å². The number of aliphatic hydroxyl groups is 1. The predicted octanol–water partition coefficient (Wildman–Crippen LogP) is 2.93. The predicted molar refractivity (Wildman–Crippen MR) is 101 cm³/mol. The van der Waals surface area contributed by atoms with E-state index in [9.17, 15) is 9.90 Å². The molecule has 2 aliphatic rings. The van der Waals surface area contributed by atoms with E-state index >= 15 is 0 Å². The first-order valence-corrected chi connectivity index (χ1v) is 9.40. The highest BCUT2D eigenvalue weighted by Gasteiger charge is 2.49. The fraction of sp³-hybridized carbons (Fsp3) is 0.429. The van der Waals surface area contributed by atoms with Gasteiger partial charge in [0.1, 0.15) is 5.69 Å². The summed E-state index contributed by atoms with van der Waals surface area (Å²) in [6.45, 7) is 2.55. The number of pyridine rings is 1. The molecule has 1 unspecified atom stereocenters. The molecule has 2 fully saturated rings. The summed E-state index contributed by atoms with van der Waals surface area (Å²) < 4.78 is 0. The molecule has 5 nitrogen and oxygen atoms in total.